The molecular formula is C18H20N2O2. The molecule has 0 aromatic heterocycles. The van der Waals surface area contributed by atoms with Crippen molar-refractivity contribution >= 4 is 5.91 Å². The Balaban J connectivity index is 1.71. The third-order valence-corrected chi connectivity index (χ3v) is 4.00. The fraction of sp³-hybridized carbons (Fsp3) is 0.278. The summed E-state index contributed by atoms with van der Waals surface area (Å²) in [6.07, 6.45) is 0.694. The van der Waals surface area contributed by atoms with E-state index in [-0.39, 0.29) is 18.0 Å². The summed E-state index contributed by atoms with van der Waals surface area (Å²) < 4.78 is 5.18. The molecule has 2 aromatic carbocycles. The molecule has 1 heterocycles. The molecule has 4 nitrogen and oxygen atoms in total. The van der Waals surface area contributed by atoms with Gasteiger partial charge in [0.25, 0.3) is 0 Å². The maximum Gasteiger partial charge on any atom is 0.237 e. The van der Waals surface area contributed by atoms with E-state index in [4.69, 9.17) is 4.74 Å². The van der Waals surface area contributed by atoms with E-state index in [0.29, 0.717) is 13.0 Å². The lowest BCUT2D eigenvalue weighted by Gasteiger charge is -2.31. The van der Waals surface area contributed by atoms with E-state index in [2.05, 4.69) is 10.6 Å². The predicted molar refractivity (Wildman–Crippen MR) is 85.8 cm³/mol. The number of nitrogens with one attached hydrogen (secondary N) is 2. The third kappa shape index (κ3) is 3.28. The molecule has 0 spiro atoms. The fourth-order valence-corrected chi connectivity index (χ4v) is 2.76. The molecule has 114 valence electrons. The highest BCUT2D eigenvalue weighted by atomic mass is 16.5. The van der Waals surface area contributed by atoms with E-state index < -0.39 is 0 Å². The van der Waals surface area contributed by atoms with Crippen molar-refractivity contribution in [3.05, 3.63) is 65.7 Å². The fourth-order valence-electron chi connectivity index (χ4n) is 2.76. The minimum atomic E-state index is -0.205. The van der Waals surface area contributed by atoms with E-state index in [0.717, 1.165) is 16.9 Å². The van der Waals surface area contributed by atoms with Crippen molar-refractivity contribution in [1.29, 1.82) is 0 Å². The molecule has 0 bridgehead atoms. The van der Waals surface area contributed by atoms with E-state index in [1.54, 1.807) is 7.11 Å². The highest BCUT2D eigenvalue weighted by molar-refractivity contribution is 5.83. The van der Waals surface area contributed by atoms with E-state index in [9.17, 15) is 4.79 Å². The average Bonchev–Trinajstić information content (AvgIpc) is 2.58. The molecule has 2 atom stereocenters. The number of piperazine rings is 1. The summed E-state index contributed by atoms with van der Waals surface area (Å²) in [5.74, 6) is 0.901. The molecular weight excluding hydrogens is 276 g/mol. The van der Waals surface area contributed by atoms with Gasteiger partial charge in [-0.25, -0.2) is 0 Å². The molecule has 1 aliphatic heterocycles. The summed E-state index contributed by atoms with van der Waals surface area (Å²) in [5, 5.41) is 6.45. The van der Waals surface area contributed by atoms with Gasteiger partial charge in [0.15, 0.2) is 0 Å². The van der Waals surface area contributed by atoms with Crippen molar-refractivity contribution in [2.75, 3.05) is 13.7 Å². The van der Waals surface area contributed by atoms with Crippen LogP contribution in [0.3, 0.4) is 0 Å². The lowest BCUT2D eigenvalue weighted by Crippen LogP contribution is -2.55. The molecule has 1 aliphatic rings. The standard InChI is InChI=1S/C18H20N2O2/c1-22-15-9-7-14(8-10-15)17-12-19-18(21)16(20-17)11-13-5-3-2-4-6-13/h2-10,16-17,20H,11-12H2,1H3,(H,19,21)/t16-,17+/m0/s1. The van der Waals surface area contributed by atoms with Crippen LogP contribution in [-0.4, -0.2) is 25.6 Å². The Morgan fingerprint density at radius 3 is 2.50 bits per heavy atom. The monoisotopic (exact) mass is 296 g/mol. The Morgan fingerprint density at radius 1 is 1.09 bits per heavy atom. The van der Waals surface area contributed by atoms with E-state index in [1.165, 1.54) is 0 Å². The summed E-state index contributed by atoms with van der Waals surface area (Å²) in [6.45, 7) is 0.608. The van der Waals surface area contributed by atoms with Crippen LogP contribution in [0.4, 0.5) is 0 Å². The zero-order valence-electron chi connectivity index (χ0n) is 12.6. The number of methoxy groups -OCH3 is 1. The third-order valence-electron chi connectivity index (χ3n) is 4.00. The van der Waals surface area contributed by atoms with Gasteiger partial charge in [-0.15, -0.1) is 0 Å². The van der Waals surface area contributed by atoms with Gasteiger partial charge in [-0.2, -0.15) is 0 Å². The molecule has 3 rings (SSSR count). The van der Waals surface area contributed by atoms with Crippen LogP contribution in [0, 0.1) is 0 Å². The molecule has 0 saturated carbocycles. The van der Waals surface area contributed by atoms with Crippen molar-refractivity contribution < 1.29 is 9.53 Å². The van der Waals surface area contributed by atoms with Crippen molar-refractivity contribution in [3.63, 3.8) is 0 Å². The second-order valence-corrected chi connectivity index (χ2v) is 5.48. The quantitative estimate of drug-likeness (QED) is 0.908. The lowest BCUT2D eigenvalue weighted by molar-refractivity contribution is -0.125. The van der Waals surface area contributed by atoms with Gasteiger partial charge >= 0.3 is 0 Å². The smallest absolute Gasteiger partial charge is 0.237 e. The molecule has 4 heteroatoms. The SMILES string of the molecule is COc1ccc([C@H]2CNC(=O)[C@H](Cc3ccccc3)N2)cc1. The largest absolute Gasteiger partial charge is 0.497 e. The molecule has 1 amide bonds. The van der Waals surface area contributed by atoms with E-state index >= 15 is 0 Å². The maximum atomic E-state index is 12.1. The lowest BCUT2D eigenvalue weighted by atomic mass is 9.98. The molecule has 0 unspecified atom stereocenters. The van der Waals surface area contributed by atoms with Crippen LogP contribution >= 0.6 is 0 Å². The normalized spacial score (nSPS) is 21.2. The second-order valence-electron chi connectivity index (χ2n) is 5.48. The van der Waals surface area contributed by atoms with Gasteiger partial charge in [0.1, 0.15) is 5.75 Å². The van der Waals surface area contributed by atoms with Crippen LogP contribution in [0.1, 0.15) is 17.2 Å². The van der Waals surface area contributed by atoms with Crippen LogP contribution in [0.15, 0.2) is 54.6 Å². The van der Waals surface area contributed by atoms with Gasteiger partial charge < -0.3 is 10.1 Å². The molecule has 0 radical (unpaired) electrons. The van der Waals surface area contributed by atoms with Crippen LogP contribution in [0.2, 0.25) is 0 Å². The van der Waals surface area contributed by atoms with E-state index in [1.807, 2.05) is 54.6 Å². The zero-order chi connectivity index (χ0) is 15.4. The number of carbonyl (C=O) groups is 1. The second kappa shape index (κ2) is 6.62. The Bertz CT molecular complexity index is 625. The Labute approximate surface area is 130 Å². The number of hydrogen-bond donors (Lipinski definition) is 2. The Hall–Kier alpha value is -2.33. The number of amides is 1. The minimum Gasteiger partial charge on any atom is -0.497 e. The predicted octanol–water partition coefficient (Wildman–Crippen LogP) is 2.07. The van der Waals surface area contributed by atoms with Crippen molar-refractivity contribution in [1.82, 2.24) is 10.6 Å². The first kappa shape index (κ1) is 14.6. The Kier molecular flexibility index (Phi) is 4.39. The van der Waals surface area contributed by atoms with Gasteiger partial charge in [-0.3, -0.25) is 10.1 Å². The molecule has 2 aromatic rings. The van der Waals surface area contributed by atoms with Crippen LogP contribution in [0.5, 0.6) is 5.75 Å². The van der Waals surface area contributed by atoms with Crippen LogP contribution < -0.4 is 15.4 Å². The first-order valence-corrected chi connectivity index (χ1v) is 7.48. The number of rotatable bonds is 4. The van der Waals surface area contributed by atoms with Crippen molar-refractivity contribution in [2.45, 2.75) is 18.5 Å². The molecule has 1 saturated heterocycles. The summed E-state index contributed by atoms with van der Waals surface area (Å²) in [6, 6.07) is 17.9. The van der Waals surface area contributed by atoms with Gasteiger partial charge in [0.2, 0.25) is 5.91 Å². The highest BCUT2D eigenvalue weighted by Crippen LogP contribution is 2.20. The van der Waals surface area contributed by atoms with Crippen LogP contribution in [0.25, 0.3) is 0 Å². The first-order valence-electron chi connectivity index (χ1n) is 7.48. The molecule has 0 aliphatic carbocycles. The number of ether oxygens (including phenoxy) is 1. The van der Waals surface area contributed by atoms with Gasteiger partial charge in [-0.05, 0) is 29.7 Å². The summed E-state index contributed by atoms with van der Waals surface area (Å²) in [7, 11) is 1.66. The summed E-state index contributed by atoms with van der Waals surface area (Å²) >= 11 is 0. The van der Waals surface area contributed by atoms with Gasteiger partial charge in [0, 0.05) is 6.54 Å². The van der Waals surface area contributed by atoms with Gasteiger partial charge in [0.05, 0.1) is 19.2 Å². The summed E-state index contributed by atoms with van der Waals surface area (Å²) in [4.78, 5) is 12.1. The molecule has 1 fully saturated rings. The summed E-state index contributed by atoms with van der Waals surface area (Å²) in [5.41, 5.74) is 2.31. The van der Waals surface area contributed by atoms with Crippen molar-refractivity contribution in [3.8, 4) is 5.75 Å². The van der Waals surface area contributed by atoms with Crippen LogP contribution in [-0.2, 0) is 11.2 Å². The number of hydrogen-bond acceptors (Lipinski definition) is 3. The highest BCUT2D eigenvalue weighted by Gasteiger charge is 2.28. The average molecular weight is 296 g/mol. The number of carbonyl (C=O) groups excluding carboxylic acids is 1. The molecule has 2 N–H and O–H groups in total. The molecule has 22 heavy (non-hydrogen) atoms. The first-order chi connectivity index (χ1) is 10.8. The minimum absolute atomic E-state index is 0.0635. The zero-order valence-corrected chi connectivity index (χ0v) is 12.6. The topological polar surface area (TPSA) is 50.4 Å². The van der Waals surface area contributed by atoms with Crippen molar-refractivity contribution in [2.24, 2.45) is 0 Å². The maximum absolute atomic E-state index is 12.1. The van der Waals surface area contributed by atoms with Gasteiger partial charge in [-0.1, -0.05) is 42.5 Å². The Morgan fingerprint density at radius 2 is 1.82 bits per heavy atom. The number of benzene rings is 2.